The van der Waals surface area contributed by atoms with Crippen LogP contribution in [0.5, 0.6) is 0 Å². The Kier molecular flexibility index (Phi) is 6.12. The number of para-hydroxylation sites is 2. The van der Waals surface area contributed by atoms with Crippen molar-refractivity contribution in [2.24, 2.45) is 0 Å². The second-order valence-corrected chi connectivity index (χ2v) is 10.1. The Hall–Kier alpha value is -4.14. The highest BCUT2D eigenvalue weighted by molar-refractivity contribution is 5.86. The molecule has 1 saturated heterocycles. The maximum absolute atomic E-state index is 10.2. The highest BCUT2D eigenvalue weighted by Gasteiger charge is 2.27. The van der Waals surface area contributed by atoms with E-state index in [1.165, 1.54) is 28.1 Å². The number of rotatable bonds is 5. The van der Waals surface area contributed by atoms with Crippen LogP contribution in [0.25, 0.3) is 16.7 Å². The number of fused-ring (bicyclic) bond motifs is 3. The average molecular weight is 486 g/mol. The zero-order chi connectivity index (χ0) is 25.4. The quantitative estimate of drug-likeness (QED) is 0.311. The standard InChI is InChI=1S/C32H31N5/c1-23-12-14-26(15-13-23)22-35-16-18-36(19-17-35)32-27(20-25-8-4-3-5-9-25)24(2)28(21-33)31-34-29-10-6-7-11-30(29)37(31)32/h3-15H,16-20,22H2,1-2H3. The maximum Gasteiger partial charge on any atom is 0.157 e. The van der Waals surface area contributed by atoms with Gasteiger partial charge in [0.2, 0.25) is 0 Å². The molecule has 0 saturated carbocycles. The molecule has 3 aromatic carbocycles. The Morgan fingerprint density at radius 2 is 1.51 bits per heavy atom. The summed E-state index contributed by atoms with van der Waals surface area (Å²) in [7, 11) is 0. The molecule has 1 fully saturated rings. The number of nitriles is 1. The van der Waals surface area contributed by atoms with Gasteiger partial charge in [0, 0.05) is 44.7 Å². The Labute approximate surface area is 218 Å². The van der Waals surface area contributed by atoms with Crippen molar-refractivity contribution in [3.8, 4) is 6.07 Å². The number of imidazole rings is 1. The zero-order valence-corrected chi connectivity index (χ0v) is 21.5. The first-order valence-electron chi connectivity index (χ1n) is 13.0. The fourth-order valence-electron chi connectivity index (χ4n) is 5.58. The number of hydrogen-bond acceptors (Lipinski definition) is 4. The topological polar surface area (TPSA) is 47.6 Å². The number of pyridine rings is 1. The summed E-state index contributed by atoms with van der Waals surface area (Å²) >= 11 is 0. The van der Waals surface area contributed by atoms with Crippen molar-refractivity contribution in [3.63, 3.8) is 0 Å². The van der Waals surface area contributed by atoms with Crippen LogP contribution in [0.15, 0.2) is 78.9 Å². The molecule has 1 aliphatic heterocycles. The van der Waals surface area contributed by atoms with E-state index in [9.17, 15) is 5.26 Å². The van der Waals surface area contributed by atoms with E-state index in [2.05, 4.69) is 101 Å². The molecule has 0 unspecified atom stereocenters. The first-order chi connectivity index (χ1) is 18.1. The Bertz CT molecular complexity index is 1600. The van der Waals surface area contributed by atoms with Crippen LogP contribution in [0.1, 0.15) is 33.4 Å². The molecule has 0 radical (unpaired) electrons. The summed E-state index contributed by atoms with van der Waals surface area (Å²) in [4.78, 5) is 9.98. The number of aromatic nitrogens is 2. The van der Waals surface area contributed by atoms with Gasteiger partial charge in [-0.05, 0) is 42.7 Å². The maximum atomic E-state index is 10.2. The number of aryl methyl sites for hydroxylation is 1. The summed E-state index contributed by atoms with van der Waals surface area (Å²) in [6.07, 6.45) is 0.780. The summed E-state index contributed by atoms with van der Waals surface area (Å²) in [5.74, 6) is 1.18. The molecular weight excluding hydrogens is 454 g/mol. The minimum atomic E-state index is 0.670. The van der Waals surface area contributed by atoms with E-state index < -0.39 is 0 Å². The van der Waals surface area contributed by atoms with Crippen LogP contribution in [0.4, 0.5) is 5.82 Å². The second kappa shape index (κ2) is 9.72. The summed E-state index contributed by atoms with van der Waals surface area (Å²) in [6, 6.07) is 30.2. The van der Waals surface area contributed by atoms with E-state index in [1.807, 2.05) is 12.1 Å². The van der Waals surface area contributed by atoms with Gasteiger partial charge in [0.25, 0.3) is 0 Å². The van der Waals surface area contributed by atoms with Crippen LogP contribution in [-0.4, -0.2) is 40.5 Å². The Balaban J connectivity index is 1.43. The molecule has 5 aromatic rings. The number of benzene rings is 3. The zero-order valence-electron chi connectivity index (χ0n) is 21.5. The molecular formula is C32H31N5. The molecule has 5 nitrogen and oxygen atoms in total. The van der Waals surface area contributed by atoms with Gasteiger partial charge in [0.05, 0.1) is 16.6 Å². The van der Waals surface area contributed by atoms with E-state index in [0.717, 1.165) is 61.4 Å². The molecule has 6 rings (SSSR count). The van der Waals surface area contributed by atoms with E-state index in [0.29, 0.717) is 5.56 Å². The van der Waals surface area contributed by atoms with E-state index in [4.69, 9.17) is 4.98 Å². The van der Waals surface area contributed by atoms with Gasteiger partial charge in [-0.2, -0.15) is 5.26 Å². The molecule has 0 spiro atoms. The van der Waals surface area contributed by atoms with Gasteiger partial charge in [-0.1, -0.05) is 72.3 Å². The molecule has 0 atom stereocenters. The van der Waals surface area contributed by atoms with Crippen molar-refractivity contribution in [3.05, 3.63) is 112 Å². The summed E-state index contributed by atoms with van der Waals surface area (Å²) in [5, 5.41) is 10.2. The largest absolute Gasteiger partial charge is 0.355 e. The minimum absolute atomic E-state index is 0.670. The monoisotopic (exact) mass is 485 g/mol. The second-order valence-electron chi connectivity index (χ2n) is 10.1. The normalized spacial score (nSPS) is 14.4. The molecule has 37 heavy (non-hydrogen) atoms. The molecule has 0 bridgehead atoms. The molecule has 0 aliphatic carbocycles. The van der Waals surface area contributed by atoms with Gasteiger partial charge in [0.15, 0.2) is 5.65 Å². The average Bonchev–Trinajstić information content (AvgIpc) is 3.31. The third kappa shape index (κ3) is 4.34. The minimum Gasteiger partial charge on any atom is -0.355 e. The van der Waals surface area contributed by atoms with Crippen molar-refractivity contribution in [1.82, 2.24) is 14.3 Å². The van der Waals surface area contributed by atoms with Crippen molar-refractivity contribution in [1.29, 1.82) is 5.26 Å². The fraction of sp³-hybridized carbons (Fsp3) is 0.250. The van der Waals surface area contributed by atoms with Crippen LogP contribution >= 0.6 is 0 Å². The van der Waals surface area contributed by atoms with Crippen molar-refractivity contribution in [2.45, 2.75) is 26.8 Å². The summed E-state index contributed by atoms with van der Waals surface area (Å²) < 4.78 is 2.24. The summed E-state index contributed by atoms with van der Waals surface area (Å²) in [5.41, 5.74) is 9.57. The van der Waals surface area contributed by atoms with Crippen LogP contribution < -0.4 is 4.90 Å². The smallest absolute Gasteiger partial charge is 0.157 e. The SMILES string of the molecule is Cc1ccc(CN2CCN(c3c(Cc4ccccc4)c(C)c(C#N)c4nc5ccccc5n34)CC2)cc1. The van der Waals surface area contributed by atoms with E-state index >= 15 is 0 Å². The molecule has 2 aromatic heterocycles. The Morgan fingerprint density at radius 3 is 2.24 bits per heavy atom. The van der Waals surface area contributed by atoms with Gasteiger partial charge in [-0.3, -0.25) is 9.30 Å². The number of hydrogen-bond donors (Lipinski definition) is 0. The van der Waals surface area contributed by atoms with Crippen LogP contribution in [0, 0.1) is 25.2 Å². The van der Waals surface area contributed by atoms with Gasteiger partial charge in [-0.15, -0.1) is 0 Å². The first-order valence-corrected chi connectivity index (χ1v) is 13.0. The predicted molar refractivity (Wildman–Crippen MR) is 150 cm³/mol. The molecule has 0 N–H and O–H groups in total. The van der Waals surface area contributed by atoms with Gasteiger partial charge < -0.3 is 4.90 Å². The van der Waals surface area contributed by atoms with Crippen LogP contribution in [-0.2, 0) is 13.0 Å². The first kappa shape index (κ1) is 23.3. The van der Waals surface area contributed by atoms with Gasteiger partial charge >= 0.3 is 0 Å². The van der Waals surface area contributed by atoms with Gasteiger partial charge in [0.1, 0.15) is 11.9 Å². The third-order valence-corrected chi connectivity index (χ3v) is 7.63. The molecule has 184 valence electrons. The lowest BCUT2D eigenvalue weighted by atomic mass is 9.97. The summed E-state index contributed by atoms with van der Waals surface area (Å²) in [6.45, 7) is 9.04. The van der Waals surface area contributed by atoms with Crippen molar-refractivity contribution in [2.75, 3.05) is 31.1 Å². The third-order valence-electron chi connectivity index (χ3n) is 7.63. The van der Waals surface area contributed by atoms with Crippen LogP contribution in [0.2, 0.25) is 0 Å². The Morgan fingerprint density at radius 1 is 0.811 bits per heavy atom. The lowest BCUT2D eigenvalue weighted by Crippen LogP contribution is -2.47. The van der Waals surface area contributed by atoms with Crippen molar-refractivity contribution >= 4 is 22.5 Å². The van der Waals surface area contributed by atoms with Gasteiger partial charge in [-0.25, -0.2) is 4.98 Å². The molecule has 3 heterocycles. The number of anilines is 1. The number of nitrogens with zero attached hydrogens (tertiary/aromatic N) is 5. The molecule has 1 aliphatic rings. The fourth-order valence-corrected chi connectivity index (χ4v) is 5.58. The lowest BCUT2D eigenvalue weighted by molar-refractivity contribution is 0.249. The van der Waals surface area contributed by atoms with Crippen molar-refractivity contribution < 1.29 is 0 Å². The van der Waals surface area contributed by atoms with E-state index in [-0.39, 0.29) is 0 Å². The lowest BCUT2D eigenvalue weighted by Gasteiger charge is -2.38. The molecule has 0 amide bonds. The highest BCUT2D eigenvalue weighted by Crippen LogP contribution is 2.35. The molecule has 5 heteroatoms. The van der Waals surface area contributed by atoms with Crippen LogP contribution in [0.3, 0.4) is 0 Å². The highest BCUT2D eigenvalue weighted by atomic mass is 15.3. The number of piperazine rings is 1. The van der Waals surface area contributed by atoms with E-state index in [1.54, 1.807) is 0 Å². The predicted octanol–water partition coefficient (Wildman–Crippen LogP) is 5.89.